The average molecular weight is 261 g/mol. The molecule has 0 aliphatic heterocycles. The molecular weight excluding hydrogens is 242 g/mol. The molecule has 0 amide bonds. The van der Waals surface area contributed by atoms with Crippen LogP contribution in [0.25, 0.3) is 5.65 Å². The predicted molar refractivity (Wildman–Crippen MR) is 72.6 cm³/mol. The van der Waals surface area contributed by atoms with Crippen molar-refractivity contribution < 1.29 is 9.90 Å². The lowest BCUT2D eigenvalue weighted by Gasteiger charge is -2.18. The number of fused-ring (bicyclic) bond motifs is 1. The predicted octanol–water partition coefficient (Wildman–Crippen LogP) is 2.68. The van der Waals surface area contributed by atoms with Gasteiger partial charge in [0.2, 0.25) is 0 Å². The van der Waals surface area contributed by atoms with Crippen LogP contribution in [0.15, 0.2) is 12.1 Å². The normalized spacial score (nSPS) is 12.0. The van der Waals surface area contributed by atoms with Gasteiger partial charge in [0.25, 0.3) is 0 Å². The van der Waals surface area contributed by atoms with Crippen LogP contribution in [0.2, 0.25) is 0 Å². The molecule has 2 rings (SSSR count). The van der Waals surface area contributed by atoms with Gasteiger partial charge in [-0.05, 0) is 18.6 Å². The van der Waals surface area contributed by atoms with Crippen LogP contribution in [0.5, 0.6) is 0 Å². The molecule has 102 valence electrons. The summed E-state index contributed by atoms with van der Waals surface area (Å²) >= 11 is 0. The Balaban J connectivity index is 2.75. The molecule has 0 aliphatic carbocycles. The second kappa shape index (κ2) is 4.64. The molecule has 0 aliphatic rings. The Bertz CT molecular complexity index is 623. The molecule has 0 radical (unpaired) electrons. The van der Waals surface area contributed by atoms with E-state index in [0.29, 0.717) is 5.65 Å². The maximum atomic E-state index is 11.1. The molecule has 0 saturated heterocycles. The molecule has 0 unspecified atom stereocenters. The highest BCUT2D eigenvalue weighted by Crippen LogP contribution is 2.23. The zero-order valence-corrected chi connectivity index (χ0v) is 11.8. The lowest BCUT2D eigenvalue weighted by atomic mass is 9.95. The van der Waals surface area contributed by atoms with Crippen molar-refractivity contribution in [1.82, 2.24) is 14.6 Å². The Morgan fingerprint density at radius 2 is 2.00 bits per heavy atom. The van der Waals surface area contributed by atoms with E-state index in [0.717, 1.165) is 24.4 Å². The van der Waals surface area contributed by atoms with Gasteiger partial charge in [-0.15, -0.1) is 10.2 Å². The van der Waals surface area contributed by atoms with E-state index in [1.165, 1.54) is 0 Å². The summed E-state index contributed by atoms with van der Waals surface area (Å²) < 4.78 is 1.98. The first-order valence-electron chi connectivity index (χ1n) is 6.46. The number of aromatic carboxylic acids is 1. The van der Waals surface area contributed by atoms with Gasteiger partial charge in [0.15, 0.2) is 5.65 Å². The van der Waals surface area contributed by atoms with Crippen LogP contribution >= 0.6 is 0 Å². The summed E-state index contributed by atoms with van der Waals surface area (Å²) in [6.07, 6.45) is 1.75. The maximum absolute atomic E-state index is 11.1. The van der Waals surface area contributed by atoms with Crippen LogP contribution in [-0.2, 0) is 11.8 Å². The lowest BCUT2D eigenvalue weighted by molar-refractivity contribution is 0.0696. The minimum atomic E-state index is -0.930. The van der Waals surface area contributed by atoms with E-state index in [9.17, 15) is 4.79 Å². The number of aryl methyl sites for hydroxylation is 1. The van der Waals surface area contributed by atoms with E-state index in [1.54, 1.807) is 12.1 Å². The van der Waals surface area contributed by atoms with Crippen molar-refractivity contribution in [1.29, 1.82) is 0 Å². The second-order valence-corrected chi connectivity index (χ2v) is 5.76. The zero-order valence-electron chi connectivity index (χ0n) is 11.8. The van der Waals surface area contributed by atoms with Crippen molar-refractivity contribution >= 4 is 11.6 Å². The summed E-state index contributed by atoms with van der Waals surface area (Å²) in [5, 5.41) is 17.5. The number of hydrogen-bond donors (Lipinski definition) is 1. The maximum Gasteiger partial charge on any atom is 0.335 e. The van der Waals surface area contributed by atoms with Crippen molar-refractivity contribution in [3.63, 3.8) is 0 Å². The highest BCUT2D eigenvalue weighted by atomic mass is 16.4. The Hall–Kier alpha value is -1.91. The van der Waals surface area contributed by atoms with Gasteiger partial charge in [0, 0.05) is 11.1 Å². The van der Waals surface area contributed by atoms with Crippen LogP contribution in [0.1, 0.15) is 56.0 Å². The van der Waals surface area contributed by atoms with Gasteiger partial charge in [-0.25, -0.2) is 4.79 Å². The number of hydrogen-bond acceptors (Lipinski definition) is 3. The van der Waals surface area contributed by atoms with Gasteiger partial charge in [0.05, 0.1) is 5.56 Å². The van der Waals surface area contributed by atoms with Crippen LogP contribution in [0.4, 0.5) is 0 Å². The first kappa shape index (κ1) is 13.5. The zero-order chi connectivity index (χ0) is 14.2. The third-order valence-electron chi connectivity index (χ3n) is 3.01. The monoisotopic (exact) mass is 261 g/mol. The standard InChI is InChI=1S/C14H19N3O2/c1-5-6-10-7-9(12(18)19)8-11-15-16-13(17(10)11)14(2,3)4/h7-8H,5-6H2,1-4H3,(H,18,19). The van der Waals surface area contributed by atoms with Crippen molar-refractivity contribution in [2.24, 2.45) is 0 Å². The Morgan fingerprint density at radius 3 is 2.53 bits per heavy atom. The smallest absolute Gasteiger partial charge is 0.335 e. The van der Waals surface area contributed by atoms with E-state index in [1.807, 2.05) is 4.40 Å². The molecular formula is C14H19N3O2. The van der Waals surface area contributed by atoms with E-state index in [-0.39, 0.29) is 11.0 Å². The van der Waals surface area contributed by atoms with Gasteiger partial charge in [-0.2, -0.15) is 0 Å². The summed E-state index contributed by atoms with van der Waals surface area (Å²) in [7, 11) is 0. The fraction of sp³-hybridized carbons (Fsp3) is 0.500. The fourth-order valence-corrected chi connectivity index (χ4v) is 2.15. The van der Waals surface area contributed by atoms with Crippen molar-refractivity contribution in [3.8, 4) is 0 Å². The van der Waals surface area contributed by atoms with Crippen LogP contribution < -0.4 is 0 Å². The largest absolute Gasteiger partial charge is 0.478 e. The van der Waals surface area contributed by atoms with Gasteiger partial charge in [-0.3, -0.25) is 4.40 Å². The van der Waals surface area contributed by atoms with E-state index < -0.39 is 5.97 Å². The quantitative estimate of drug-likeness (QED) is 0.922. The second-order valence-electron chi connectivity index (χ2n) is 5.76. The van der Waals surface area contributed by atoms with Crippen molar-refractivity contribution in [2.45, 2.75) is 46.0 Å². The first-order valence-corrected chi connectivity index (χ1v) is 6.46. The molecule has 2 heterocycles. The number of rotatable bonds is 3. The van der Waals surface area contributed by atoms with Gasteiger partial charge >= 0.3 is 5.97 Å². The molecule has 2 aromatic heterocycles. The van der Waals surface area contributed by atoms with Crippen LogP contribution in [-0.4, -0.2) is 25.7 Å². The van der Waals surface area contributed by atoms with Crippen LogP contribution in [0, 0.1) is 0 Å². The minimum Gasteiger partial charge on any atom is -0.478 e. The van der Waals surface area contributed by atoms with Crippen molar-refractivity contribution in [2.75, 3.05) is 0 Å². The first-order chi connectivity index (χ1) is 8.84. The molecule has 0 aromatic carbocycles. The summed E-state index contributed by atoms with van der Waals surface area (Å²) in [4.78, 5) is 11.1. The van der Waals surface area contributed by atoms with Crippen LogP contribution in [0.3, 0.4) is 0 Å². The summed E-state index contributed by atoms with van der Waals surface area (Å²) in [6, 6.07) is 3.29. The number of pyridine rings is 1. The minimum absolute atomic E-state index is 0.132. The molecule has 0 spiro atoms. The third-order valence-corrected chi connectivity index (χ3v) is 3.01. The molecule has 0 fully saturated rings. The lowest BCUT2D eigenvalue weighted by Crippen LogP contribution is -2.18. The molecule has 5 heteroatoms. The molecule has 2 aromatic rings. The van der Waals surface area contributed by atoms with E-state index in [2.05, 4.69) is 37.9 Å². The summed E-state index contributed by atoms with van der Waals surface area (Å²) in [6.45, 7) is 8.29. The number of carboxylic acids is 1. The molecule has 0 saturated carbocycles. The number of nitrogens with zero attached hydrogens (tertiary/aromatic N) is 3. The van der Waals surface area contributed by atoms with Gasteiger partial charge in [-0.1, -0.05) is 34.1 Å². The Labute approximate surface area is 112 Å². The topological polar surface area (TPSA) is 67.5 Å². The SMILES string of the molecule is CCCc1cc(C(=O)O)cc2nnc(C(C)(C)C)n12. The Kier molecular flexibility index (Phi) is 3.30. The van der Waals surface area contributed by atoms with E-state index in [4.69, 9.17) is 5.11 Å². The highest BCUT2D eigenvalue weighted by Gasteiger charge is 2.23. The third kappa shape index (κ3) is 2.45. The summed E-state index contributed by atoms with van der Waals surface area (Å²) in [5.41, 5.74) is 1.69. The molecule has 0 bridgehead atoms. The molecule has 5 nitrogen and oxygen atoms in total. The molecule has 0 atom stereocenters. The Morgan fingerprint density at radius 1 is 1.32 bits per heavy atom. The van der Waals surface area contributed by atoms with E-state index >= 15 is 0 Å². The number of carboxylic acid groups (broad SMARTS) is 1. The molecule has 1 N–H and O–H groups in total. The molecule has 19 heavy (non-hydrogen) atoms. The highest BCUT2D eigenvalue weighted by molar-refractivity contribution is 5.89. The average Bonchev–Trinajstić information content (AvgIpc) is 2.72. The summed E-state index contributed by atoms with van der Waals surface area (Å²) in [5.74, 6) is -0.0666. The van der Waals surface area contributed by atoms with Gasteiger partial charge < -0.3 is 5.11 Å². The van der Waals surface area contributed by atoms with Gasteiger partial charge in [0.1, 0.15) is 5.82 Å². The number of carbonyl (C=O) groups is 1. The number of aromatic nitrogens is 3. The van der Waals surface area contributed by atoms with Crippen molar-refractivity contribution in [3.05, 3.63) is 29.2 Å². The fourth-order valence-electron chi connectivity index (χ4n) is 2.15.